The van der Waals surface area contributed by atoms with Crippen molar-refractivity contribution in [2.45, 2.75) is 6.42 Å². The molecule has 0 unspecified atom stereocenters. The maximum absolute atomic E-state index is 12.3. The summed E-state index contributed by atoms with van der Waals surface area (Å²) in [6, 6.07) is 1.68. The highest BCUT2D eigenvalue weighted by Gasteiger charge is 2.22. The number of halogens is 1. The fraction of sp³-hybridized carbons (Fsp3) is 0.583. The summed E-state index contributed by atoms with van der Waals surface area (Å²) in [5, 5.41) is 8.93. The van der Waals surface area contributed by atoms with Crippen LogP contribution in [0.1, 0.15) is 16.8 Å². The molecule has 1 aliphatic heterocycles. The Morgan fingerprint density at radius 2 is 2.22 bits per heavy atom. The van der Waals surface area contributed by atoms with Crippen molar-refractivity contribution < 1.29 is 14.3 Å². The largest absolute Gasteiger partial charge is 0.457 e. The zero-order valence-corrected chi connectivity index (χ0v) is 11.7. The number of β-amino-alcohol motifs (C(OH)–C–C–N with tert-alkyl or cyclic N) is 1. The molecule has 5 nitrogen and oxygen atoms in total. The van der Waals surface area contributed by atoms with E-state index in [9.17, 15) is 4.79 Å². The first-order valence-electron chi connectivity index (χ1n) is 6.08. The van der Waals surface area contributed by atoms with E-state index in [1.807, 2.05) is 4.90 Å². The van der Waals surface area contributed by atoms with Crippen LogP contribution in [0.15, 0.2) is 21.4 Å². The molecule has 100 valence electrons. The Bertz CT molecular complexity index is 408. The monoisotopic (exact) mass is 316 g/mol. The number of hydrogen-bond donors (Lipinski definition) is 1. The lowest BCUT2D eigenvalue weighted by molar-refractivity contribution is 0.0758. The molecule has 1 aromatic heterocycles. The van der Waals surface area contributed by atoms with Crippen LogP contribution in [-0.2, 0) is 0 Å². The summed E-state index contributed by atoms with van der Waals surface area (Å²) < 4.78 is 5.58. The Morgan fingerprint density at radius 1 is 1.39 bits per heavy atom. The molecule has 1 saturated heterocycles. The second-order valence-corrected chi connectivity index (χ2v) is 5.04. The standard InChI is InChI=1S/C12H17BrN2O3/c13-11-10(2-9-18-11)12(17)15-4-1-3-14(5-6-15)7-8-16/h2,9,16H,1,3-8H2. The molecule has 0 atom stereocenters. The predicted octanol–water partition coefficient (Wildman–Crippen LogP) is 1.18. The van der Waals surface area contributed by atoms with Crippen molar-refractivity contribution in [1.29, 1.82) is 0 Å². The predicted molar refractivity (Wildman–Crippen MR) is 70.5 cm³/mol. The molecular formula is C12H17BrN2O3. The summed E-state index contributed by atoms with van der Waals surface area (Å²) in [7, 11) is 0. The van der Waals surface area contributed by atoms with Gasteiger partial charge in [0.05, 0.1) is 18.4 Å². The first kappa shape index (κ1) is 13.6. The summed E-state index contributed by atoms with van der Waals surface area (Å²) in [6.45, 7) is 4.02. The van der Waals surface area contributed by atoms with Gasteiger partial charge in [-0.2, -0.15) is 0 Å². The Labute approximate surface area is 114 Å². The van der Waals surface area contributed by atoms with Crippen LogP contribution in [0.2, 0.25) is 0 Å². The van der Waals surface area contributed by atoms with Crippen molar-refractivity contribution in [3.05, 3.63) is 22.6 Å². The molecule has 0 radical (unpaired) electrons. The summed E-state index contributed by atoms with van der Waals surface area (Å²) in [6.07, 6.45) is 2.44. The van der Waals surface area contributed by atoms with Crippen molar-refractivity contribution >= 4 is 21.8 Å². The minimum Gasteiger partial charge on any atom is -0.457 e. The lowest BCUT2D eigenvalue weighted by Crippen LogP contribution is -2.35. The molecule has 0 spiro atoms. The van der Waals surface area contributed by atoms with Gasteiger partial charge in [-0.1, -0.05) is 0 Å². The van der Waals surface area contributed by atoms with E-state index in [-0.39, 0.29) is 12.5 Å². The first-order chi connectivity index (χ1) is 8.72. The molecule has 0 bridgehead atoms. The van der Waals surface area contributed by atoms with Gasteiger partial charge >= 0.3 is 0 Å². The Kier molecular flexibility index (Phi) is 4.79. The van der Waals surface area contributed by atoms with Crippen LogP contribution < -0.4 is 0 Å². The maximum Gasteiger partial charge on any atom is 0.258 e. The molecule has 6 heteroatoms. The van der Waals surface area contributed by atoms with Crippen LogP contribution in [-0.4, -0.2) is 60.1 Å². The van der Waals surface area contributed by atoms with Gasteiger partial charge in [-0.15, -0.1) is 0 Å². The van der Waals surface area contributed by atoms with Crippen LogP contribution in [0, 0.1) is 0 Å². The van der Waals surface area contributed by atoms with Crippen LogP contribution in [0.25, 0.3) is 0 Å². The zero-order chi connectivity index (χ0) is 13.0. The normalized spacial score (nSPS) is 17.8. The van der Waals surface area contributed by atoms with Gasteiger partial charge in [-0.3, -0.25) is 9.69 Å². The molecule has 1 aromatic rings. The molecule has 1 fully saturated rings. The fourth-order valence-corrected chi connectivity index (χ4v) is 2.57. The maximum atomic E-state index is 12.3. The van der Waals surface area contributed by atoms with Crippen molar-refractivity contribution in [3.8, 4) is 0 Å². The molecule has 0 saturated carbocycles. The Morgan fingerprint density at radius 3 is 2.89 bits per heavy atom. The highest BCUT2D eigenvalue weighted by atomic mass is 79.9. The van der Waals surface area contributed by atoms with Gasteiger partial charge in [0.1, 0.15) is 0 Å². The number of furan rings is 1. The number of amides is 1. The Balaban J connectivity index is 1.98. The van der Waals surface area contributed by atoms with Gasteiger partial charge < -0.3 is 14.4 Å². The van der Waals surface area contributed by atoms with Gasteiger partial charge in [-0.25, -0.2) is 0 Å². The zero-order valence-electron chi connectivity index (χ0n) is 10.1. The lowest BCUT2D eigenvalue weighted by atomic mass is 10.3. The second-order valence-electron chi connectivity index (χ2n) is 4.32. The highest BCUT2D eigenvalue weighted by Crippen LogP contribution is 2.20. The summed E-state index contributed by atoms with van der Waals surface area (Å²) >= 11 is 3.23. The van der Waals surface area contributed by atoms with Gasteiger partial charge in [-0.05, 0) is 35.0 Å². The number of rotatable bonds is 3. The molecule has 2 heterocycles. The van der Waals surface area contributed by atoms with E-state index < -0.39 is 0 Å². The van der Waals surface area contributed by atoms with Gasteiger partial charge in [0.2, 0.25) is 0 Å². The van der Waals surface area contributed by atoms with Crippen molar-refractivity contribution in [1.82, 2.24) is 9.80 Å². The third-order valence-corrected chi connectivity index (χ3v) is 3.75. The third kappa shape index (κ3) is 3.13. The minimum atomic E-state index is 0.00136. The molecule has 1 aliphatic rings. The number of aliphatic hydroxyl groups is 1. The number of hydrogen-bond acceptors (Lipinski definition) is 4. The smallest absolute Gasteiger partial charge is 0.258 e. The second kappa shape index (κ2) is 6.36. The molecule has 1 amide bonds. The van der Waals surface area contributed by atoms with E-state index in [0.29, 0.717) is 23.3 Å². The molecule has 0 aromatic carbocycles. The molecule has 0 aliphatic carbocycles. The van der Waals surface area contributed by atoms with Gasteiger partial charge in [0.25, 0.3) is 5.91 Å². The average molecular weight is 317 g/mol. The lowest BCUT2D eigenvalue weighted by Gasteiger charge is -2.21. The molecule has 18 heavy (non-hydrogen) atoms. The van der Waals surface area contributed by atoms with Gasteiger partial charge in [0, 0.05) is 26.2 Å². The number of carbonyl (C=O) groups is 1. The molecule has 1 N–H and O–H groups in total. The van der Waals surface area contributed by atoms with Crippen molar-refractivity contribution in [2.24, 2.45) is 0 Å². The SMILES string of the molecule is O=C(c1ccoc1Br)N1CCCN(CCO)CC1. The summed E-state index contributed by atoms with van der Waals surface area (Å²) in [4.78, 5) is 16.3. The van der Waals surface area contributed by atoms with E-state index in [4.69, 9.17) is 9.52 Å². The topological polar surface area (TPSA) is 56.9 Å². The molecule has 2 rings (SSSR count). The summed E-state index contributed by atoms with van der Waals surface area (Å²) in [5.74, 6) is 0.00136. The van der Waals surface area contributed by atoms with Crippen molar-refractivity contribution in [3.63, 3.8) is 0 Å². The van der Waals surface area contributed by atoms with E-state index >= 15 is 0 Å². The van der Waals surface area contributed by atoms with Crippen LogP contribution in [0.3, 0.4) is 0 Å². The van der Waals surface area contributed by atoms with E-state index in [1.54, 1.807) is 6.07 Å². The molecular weight excluding hydrogens is 300 g/mol. The van der Waals surface area contributed by atoms with Crippen molar-refractivity contribution in [2.75, 3.05) is 39.3 Å². The van der Waals surface area contributed by atoms with Crippen LogP contribution in [0.4, 0.5) is 0 Å². The van der Waals surface area contributed by atoms with E-state index in [0.717, 1.165) is 26.1 Å². The van der Waals surface area contributed by atoms with Crippen LogP contribution >= 0.6 is 15.9 Å². The minimum absolute atomic E-state index is 0.00136. The van der Waals surface area contributed by atoms with E-state index in [1.165, 1.54) is 6.26 Å². The number of carbonyl (C=O) groups excluding carboxylic acids is 1. The first-order valence-corrected chi connectivity index (χ1v) is 6.87. The number of aliphatic hydroxyl groups excluding tert-OH is 1. The van der Waals surface area contributed by atoms with Crippen LogP contribution in [0.5, 0.6) is 0 Å². The summed E-state index contributed by atoms with van der Waals surface area (Å²) in [5.41, 5.74) is 0.575. The highest BCUT2D eigenvalue weighted by molar-refractivity contribution is 9.10. The fourth-order valence-electron chi connectivity index (χ4n) is 2.16. The third-order valence-electron chi connectivity index (χ3n) is 3.14. The van der Waals surface area contributed by atoms with Gasteiger partial charge in [0.15, 0.2) is 4.67 Å². The number of nitrogens with zero attached hydrogens (tertiary/aromatic N) is 2. The van der Waals surface area contributed by atoms with E-state index in [2.05, 4.69) is 20.8 Å². The average Bonchev–Trinajstić information content (AvgIpc) is 2.64. The Hall–Kier alpha value is -0.850. The quantitative estimate of drug-likeness (QED) is 0.910.